The van der Waals surface area contributed by atoms with Gasteiger partial charge in [0.05, 0.1) is 17.2 Å². The van der Waals surface area contributed by atoms with Gasteiger partial charge in [0.2, 0.25) is 5.91 Å². The summed E-state index contributed by atoms with van der Waals surface area (Å²) >= 11 is 1.50. The molecule has 140 valence electrons. The molecule has 27 heavy (non-hydrogen) atoms. The van der Waals surface area contributed by atoms with Gasteiger partial charge in [-0.1, -0.05) is 18.2 Å². The van der Waals surface area contributed by atoms with Crippen LogP contribution in [0.25, 0.3) is 10.9 Å². The Labute approximate surface area is 158 Å². The molecule has 0 aliphatic rings. The molecule has 0 radical (unpaired) electrons. The maximum absolute atomic E-state index is 13.5. The molecule has 1 heterocycles. The molecular weight excluding hydrogens is 372 g/mol. The lowest BCUT2D eigenvalue weighted by Crippen LogP contribution is -2.33. The number of carbonyl (C=O) groups excluding carboxylic acids is 1. The lowest BCUT2D eigenvalue weighted by Gasteiger charge is -2.08. The first-order valence-corrected chi connectivity index (χ1v) is 9.42. The second-order valence-corrected chi connectivity index (χ2v) is 6.94. The molecule has 0 unspecified atom stereocenters. The molecule has 0 bridgehead atoms. The SMILES string of the molecule is O=C(Cn1cnc2cc(F)ccc2c1=O)NCCSCc1ccccc1F. The zero-order chi connectivity index (χ0) is 19.2. The fourth-order valence-corrected chi connectivity index (χ4v) is 3.36. The fourth-order valence-electron chi connectivity index (χ4n) is 2.51. The second-order valence-electron chi connectivity index (χ2n) is 5.83. The molecule has 0 aliphatic carbocycles. The third kappa shape index (κ3) is 4.91. The summed E-state index contributed by atoms with van der Waals surface area (Å²) in [6, 6.07) is 10.3. The molecule has 0 saturated heterocycles. The van der Waals surface area contributed by atoms with Crippen molar-refractivity contribution in [1.82, 2.24) is 14.9 Å². The van der Waals surface area contributed by atoms with Crippen LogP contribution in [0.2, 0.25) is 0 Å². The molecule has 1 amide bonds. The fraction of sp³-hybridized carbons (Fsp3) is 0.211. The van der Waals surface area contributed by atoms with Crippen LogP contribution in [-0.2, 0) is 17.1 Å². The zero-order valence-electron chi connectivity index (χ0n) is 14.3. The first kappa shape index (κ1) is 19.0. The molecule has 5 nitrogen and oxygen atoms in total. The number of fused-ring (bicyclic) bond motifs is 1. The molecule has 1 N–H and O–H groups in total. The number of nitrogens with one attached hydrogen (secondary N) is 1. The van der Waals surface area contributed by atoms with E-state index in [0.29, 0.717) is 23.6 Å². The number of nitrogens with zero attached hydrogens (tertiary/aromatic N) is 2. The number of hydrogen-bond donors (Lipinski definition) is 1. The molecule has 3 aromatic rings. The Morgan fingerprint density at radius 3 is 2.81 bits per heavy atom. The average molecular weight is 389 g/mol. The number of thioether (sulfide) groups is 1. The highest BCUT2D eigenvalue weighted by atomic mass is 32.2. The molecule has 0 saturated carbocycles. The van der Waals surface area contributed by atoms with Crippen molar-refractivity contribution in [2.24, 2.45) is 0 Å². The van der Waals surface area contributed by atoms with E-state index < -0.39 is 11.4 Å². The third-order valence-corrected chi connectivity index (χ3v) is 4.89. The number of rotatable bonds is 7. The highest BCUT2D eigenvalue weighted by Crippen LogP contribution is 2.14. The second kappa shape index (κ2) is 8.77. The van der Waals surface area contributed by atoms with Gasteiger partial charge in [0.15, 0.2) is 0 Å². The normalized spacial score (nSPS) is 10.9. The lowest BCUT2D eigenvalue weighted by atomic mass is 10.2. The minimum Gasteiger partial charge on any atom is -0.354 e. The van der Waals surface area contributed by atoms with E-state index in [1.165, 1.54) is 46.9 Å². The van der Waals surface area contributed by atoms with Gasteiger partial charge in [0, 0.05) is 24.1 Å². The number of aromatic nitrogens is 2. The number of carbonyl (C=O) groups is 1. The molecule has 0 aliphatic heterocycles. The van der Waals surface area contributed by atoms with Gasteiger partial charge in [-0.25, -0.2) is 13.8 Å². The van der Waals surface area contributed by atoms with Crippen molar-refractivity contribution >= 4 is 28.6 Å². The van der Waals surface area contributed by atoms with Crippen LogP contribution in [0.15, 0.2) is 53.6 Å². The van der Waals surface area contributed by atoms with E-state index in [0.717, 1.165) is 0 Å². The Bertz CT molecular complexity index is 1020. The van der Waals surface area contributed by atoms with Crippen LogP contribution in [0.1, 0.15) is 5.56 Å². The van der Waals surface area contributed by atoms with Gasteiger partial charge in [0.25, 0.3) is 5.56 Å². The van der Waals surface area contributed by atoms with Crippen molar-refractivity contribution in [1.29, 1.82) is 0 Å². The van der Waals surface area contributed by atoms with Gasteiger partial charge in [-0.05, 0) is 23.8 Å². The minimum atomic E-state index is -0.474. The van der Waals surface area contributed by atoms with Gasteiger partial charge < -0.3 is 5.32 Å². The quantitative estimate of drug-likeness (QED) is 0.631. The van der Waals surface area contributed by atoms with Gasteiger partial charge in [-0.2, -0.15) is 11.8 Å². The van der Waals surface area contributed by atoms with Crippen molar-refractivity contribution in [3.05, 3.63) is 76.3 Å². The van der Waals surface area contributed by atoms with Crippen LogP contribution in [0, 0.1) is 11.6 Å². The molecule has 3 rings (SSSR count). The summed E-state index contributed by atoms with van der Waals surface area (Å²) in [5, 5.41) is 2.97. The first-order valence-electron chi connectivity index (χ1n) is 8.27. The zero-order valence-corrected chi connectivity index (χ0v) is 15.1. The molecule has 2 aromatic carbocycles. The van der Waals surface area contributed by atoms with Gasteiger partial charge >= 0.3 is 0 Å². The summed E-state index contributed by atoms with van der Waals surface area (Å²) in [4.78, 5) is 28.3. The predicted octanol–water partition coefficient (Wildman–Crippen LogP) is 2.72. The molecule has 0 atom stereocenters. The first-order chi connectivity index (χ1) is 13.0. The van der Waals surface area contributed by atoms with E-state index >= 15 is 0 Å². The largest absolute Gasteiger partial charge is 0.354 e. The maximum Gasteiger partial charge on any atom is 0.261 e. The molecule has 0 spiro atoms. The predicted molar refractivity (Wildman–Crippen MR) is 102 cm³/mol. The van der Waals surface area contributed by atoms with E-state index in [9.17, 15) is 18.4 Å². The van der Waals surface area contributed by atoms with E-state index in [1.54, 1.807) is 18.2 Å². The van der Waals surface area contributed by atoms with Crippen molar-refractivity contribution in [2.45, 2.75) is 12.3 Å². The molecule has 1 aromatic heterocycles. The standard InChI is InChI=1S/C19H17F2N3O2S/c20-14-5-6-15-17(9-14)23-12-24(19(15)26)10-18(25)22-7-8-27-11-13-3-1-2-4-16(13)21/h1-6,9,12H,7-8,10-11H2,(H,22,25). The Balaban J connectivity index is 1.49. The van der Waals surface area contributed by atoms with Crippen LogP contribution in [0.3, 0.4) is 0 Å². The number of amides is 1. The average Bonchev–Trinajstić information content (AvgIpc) is 2.65. The van der Waals surface area contributed by atoms with E-state index in [4.69, 9.17) is 0 Å². The van der Waals surface area contributed by atoms with Crippen LogP contribution < -0.4 is 10.9 Å². The Kier molecular flexibility index (Phi) is 6.18. The van der Waals surface area contributed by atoms with Crippen LogP contribution in [-0.4, -0.2) is 27.8 Å². The molecule has 8 heteroatoms. The van der Waals surface area contributed by atoms with E-state index in [1.807, 2.05) is 0 Å². The number of benzene rings is 2. The summed E-state index contributed by atoms with van der Waals surface area (Å²) < 4.78 is 27.9. The smallest absolute Gasteiger partial charge is 0.261 e. The highest BCUT2D eigenvalue weighted by Gasteiger charge is 2.09. The topological polar surface area (TPSA) is 64.0 Å². The summed E-state index contributed by atoms with van der Waals surface area (Å²) in [6.07, 6.45) is 1.23. The summed E-state index contributed by atoms with van der Waals surface area (Å²) in [5.74, 6) is 0.0962. The Hall–Kier alpha value is -2.74. The summed E-state index contributed by atoms with van der Waals surface area (Å²) in [7, 11) is 0. The molecule has 0 fully saturated rings. The van der Waals surface area contributed by atoms with Gasteiger partial charge in [-0.15, -0.1) is 0 Å². The van der Waals surface area contributed by atoms with Crippen LogP contribution in [0.5, 0.6) is 0 Å². The third-order valence-electron chi connectivity index (χ3n) is 3.89. The van der Waals surface area contributed by atoms with Crippen LogP contribution in [0.4, 0.5) is 8.78 Å². The van der Waals surface area contributed by atoms with E-state index in [2.05, 4.69) is 10.3 Å². The minimum absolute atomic E-state index is 0.170. The Morgan fingerprint density at radius 2 is 2.00 bits per heavy atom. The summed E-state index contributed by atoms with van der Waals surface area (Å²) in [6.45, 7) is 0.232. The monoisotopic (exact) mass is 389 g/mol. The van der Waals surface area contributed by atoms with E-state index in [-0.39, 0.29) is 29.2 Å². The number of halogens is 2. The van der Waals surface area contributed by atoms with Gasteiger partial charge in [-0.3, -0.25) is 14.2 Å². The van der Waals surface area contributed by atoms with Crippen molar-refractivity contribution < 1.29 is 13.6 Å². The summed E-state index contributed by atoms with van der Waals surface area (Å²) in [5.41, 5.74) is 0.476. The van der Waals surface area contributed by atoms with Crippen molar-refractivity contribution in [3.8, 4) is 0 Å². The molecular formula is C19H17F2N3O2S. The highest BCUT2D eigenvalue weighted by molar-refractivity contribution is 7.98. The Morgan fingerprint density at radius 1 is 1.19 bits per heavy atom. The van der Waals surface area contributed by atoms with Crippen molar-refractivity contribution in [2.75, 3.05) is 12.3 Å². The lowest BCUT2D eigenvalue weighted by molar-refractivity contribution is -0.121. The number of hydrogen-bond acceptors (Lipinski definition) is 4. The van der Waals surface area contributed by atoms with Crippen molar-refractivity contribution in [3.63, 3.8) is 0 Å². The van der Waals surface area contributed by atoms with Gasteiger partial charge in [0.1, 0.15) is 18.2 Å². The van der Waals surface area contributed by atoms with Crippen LogP contribution >= 0.6 is 11.8 Å². The maximum atomic E-state index is 13.5.